The van der Waals surface area contributed by atoms with Crippen LogP contribution in [0.25, 0.3) is 10.9 Å². The number of nitrogens with zero attached hydrogens (tertiary/aromatic N) is 2. The average molecular weight is 362 g/mol. The van der Waals surface area contributed by atoms with Gasteiger partial charge < -0.3 is 5.32 Å². The lowest BCUT2D eigenvalue weighted by Gasteiger charge is -2.19. The van der Waals surface area contributed by atoms with Crippen LogP contribution < -0.4 is 10.9 Å². The normalized spacial score (nSPS) is 12.5. The molecule has 1 N–H and O–H groups in total. The van der Waals surface area contributed by atoms with Crippen LogP contribution in [-0.2, 0) is 4.79 Å². The van der Waals surface area contributed by atoms with Gasteiger partial charge in [0, 0.05) is 13.1 Å². The molecular formula is C19H27N3O2S. The molecule has 6 heteroatoms. The molecule has 1 aromatic carbocycles. The smallest absolute Gasteiger partial charge is 0.262 e. The number of carbonyl (C=O) groups is 1. The highest BCUT2D eigenvalue weighted by molar-refractivity contribution is 7.99. The number of rotatable bonds is 8. The Hall–Kier alpha value is -1.82. The van der Waals surface area contributed by atoms with Gasteiger partial charge in [0.05, 0.1) is 16.7 Å². The first kappa shape index (κ1) is 19.5. The van der Waals surface area contributed by atoms with Crippen LogP contribution >= 0.6 is 11.8 Å². The number of fused-ring (bicyclic) bond motifs is 1. The van der Waals surface area contributed by atoms with Crippen LogP contribution in [0.2, 0.25) is 0 Å². The predicted octanol–water partition coefficient (Wildman–Crippen LogP) is 3.62. The molecule has 1 amide bonds. The molecule has 0 aliphatic carbocycles. The Bertz CT molecular complexity index is 786. The Labute approximate surface area is 153 Å². The molecule has 0 spiro atoms. The van der Waals surface area contributed by atoms with Gasteiger partial charge in [-0.15, -0.1) is 0 Å². The van der Waals surface area contributed by atoms with Gasteiger partial charge in [-0.2, -0.15) is 0 Å². The topological polar surface area (TPSA) is 64.0 Å². The summed E-state index contributed by atoms with van der Waals surface area (Å²) in [4.78, 5) is 29.3. The molecule has 25 heavy (non-hydrogen) atoms. The van der Waals surface area contributed by atoms with Crippen LogP contribution in [0.4, 0.5) is 0 Å². The largest absolute Gasteiger partial charge is 0.358 e. The summed E-state index contributed by atoms with van der Waals surface area (Å²) in [5, 5.41) is 3.85. The Morgan fingerprint density at radius 3 is 2.64 bits per heavy atom. The summed E-state index contributed by atoms with van der Waals surface area (Å²) in [7, 11) is 1.61. The Morgan fingerprint density at radius 1 is 1.24 bits per heavy atom. The van der Waals surface area contributed by atoms with Crippen molar-refractivity contribution in [2.24, 2.45) is 5.92 Å². The molecule has 1 heterocycles. The van der Waals surface area contributed by atoms with Gasteiger partial charge in [-0.05, 0) is 31.4 Å². The summed E-state index contributed by atoms with van der Waals surface area (Å²) in [5.41, 5.74) is 0.652. The Kier molecular flexibility index (Phi) is 7.05. The van der Waals surface area contributed by atoms with Gasteiger partial charge in [0.2, 0.25) is 5.91 Å². The molecule has 0 aliphatic heterocycles. The van der Waals surface area contributed by atoms with Crippen LogP contribution in [0.1, 0.15) is 46.1 Å². The third-order valence-electron chi connectivity index (χ3n) is 4.23. The molecule has 0 bridgehead atoms. The lowest BCUT2D eigenvalue weighted by molar-refractivity contribution is -0.118. The first-order valence-electron chi connectivity index (χ1n) is 8.78. The number of amides is 1. The summed E-state index contributed by atoms with van der Waals surface area (Å²) in [6.07, 6.45) is 3.13. The minimum atomic E-state index is -0.0774. The van der Waals surface area contributed by atoms with Crippen molar-refractivity contribution in [3.05, 3.63) is 34.6 Å². The van der Waals surface area contributed by atoms with E-state index in [1.807, 2.05) is 24.3 Å². The van der Waals surface area contributed by atoms with E-state index >= 15 is 0 Å². The number of thioether (sulfide) groups is 1. The van der Waals surface area contributed by atoms with E-state index in [1.165, 1.54) is 11.8 Å². The molecule has 2 rings (SSSR count). The van der Waals surface area contributed by atoms with E-state index in [1.54, 1.807) is 11.6 Å². The monoisotopic (exact) mass is 361 g/mol. The maximum atomic E-state index is 13.0. The van der Waals surface area contributed by atoms with E-state index in [4.69, 9.17) is 0 Å². The number of hydrogen-bond donors (Lipinski definition) is 1. The number of carbonyl (C=O) groups excluding carboxylic acids is 1. The number of aromatic nitrogens is 2. The molecule has 1 atom stereocenters. The van der Waals surface area contributed by atoms with Crippen molar-refractivity contribution < 1.29 is 4.79 Å². The molecule has 0 fully saturated rings. The second kappa shape index (κ2) is 9.04. The van der Waals surface area contributed by atoms with Crippen LogP contribution in [0.5, 0.6) is 0 Å². The van der Waals surface area contributed by atoms with Crippen molar-refractivity contribution in [2.75, 3.05) is 12.8 Å². The maximum absolute atomic E-state index is 13.0. The summed E-state index contributed by atoms with van der Waals surface area (Å²) in [6.45, 7) is 6.47. The van der Waals surface area contributed by atoms with Crippen LogP contribution in [0.15, 0.2) is 34.2 Å². The highest BCUT2D eigenvalue weighted by Gasteiger charge is 2.17. The van der Waals surface area contributed by atoms with Crippen molar-refractivity contribution in [3.8, 4) is 0 Å². The minimum Gasteiger partial charge on any atom is -0.358 e. The third kappa shape index (κ3) is 5.08. The summed E-state index contributed by atoms with van der Waals surface area (Å²) < 4.78 is 1.76. The zero-order valence-corrected chi connectivity index (χ0v) is 16.2. The van der Waals surface area contributed by atoms with Crippen molar-refractivity contribution >= 4 is 28.6 Å². The second-order valence-corrected chi connectivity index (χ2v) is 7.66. The molecule has 2 aromatic rings. The number of benzene rings is 1. The summed E-state index contributed by atoms with van der Waals surface area (Å²) >= 11 is 1.32. The molecule has 5 nitrogen and oxygen atoms in total. The highest BCUT2D eigenvalue weighted by atomic mass is 32.2. The summed E-state index contributed by atoms with van der Waals surface area (Å²) in [5.74, 6) is 0.826. The quantitative estimate of drug-likeness (QED) is 0.576. The highest BCUT2D eigenvalue weighted by Crippen LogP contribution is 2.24. The van der Waals surface area contributed by atoms with Gasteiger partial charge >= 0.3 is 0 Å². The Morgan fingerprint density at radius 2 is 1.96 bits per heavy atom. The molecule has 136 valence electrons. The molecule has 1 unspecified atom stereocenters. The van der Waals surface area contributed by atoms with E-state index in [2.05, 4.69) is 31.1 Å². The summed E-state index contributed by atoms with van der Waals surface area (Å²) in [6, 6.07) is 7.44. The number of hydrogen-bond acceptors (Lipinski definition) is 4. The van der Waals surface area contributed by atoms with E-state index in [0.29, 0.717) is 22.0 Å². The van der Waals surface area contributed by atoms with E-state index in [0.717, 1.165) is 19.3 Å². The Balaban J connectivity index is 2.37. The second-order valence-electron chi connectivity index (χ2n) is 6.72. The molecule has 0 aliphatic rings. The van der Waals surface area contributed by atoms with Crippen molar-refractivity contribution in [1.82, 2.24) is 14.9 Å². The van der Waals surface area contributed by atoms with Gasteiger partial charge in [-0.25, -0.2) is 4.98 Å². The van der Waals surface area contributed by atoms with Gasteiger partial charge in [0.25, 0.3) is 5.56 Å². The fraction of sp³-hybridized carbons (Fsp3) is 0.526. The van der Waals surface area contributed by atoms with Crippen molar-refractivity contribution in [1.29, 1.82) is 0 Å². The lowest BCUT2D eigenvalue weighted by atomic mass is 10.0. The third-order valence-corrected chi connectivity index (χ3v) is 5.18. The van der Waals surface area contributed by atoms with Gasteiger partial charge in [0.1, 0.15) is 0 Å². The van der Waals surface area contributed by atoms with Crippen LogP contribution in [-0.4, -0.2) is 28.3 Å². The number of para-hydroxylation sites is 1. The van der Waals surface area contributed by atoms with E-state index in [9.17, 15) is 9.59 Å². The molecule has 0 saturated carbocycles. The molecule has 0 radical (unpaired) electrons. The van der Waals surface area contributed by atoms with E-state index < -0.39 is 0 Å². The first-order chi connectivity index (χ1) is 11.9. The van der Waals surface area contributed by atoms with Crippen molar-refractivity contribution in [2.45, 2.75) is 51.2 Å². The van der Waals surface area contributed by atoms with Gasteiger partial charge in [0.15, 0.2) is 5.16 Å². The fourth-order valence-electron chi connectivity index (χ4n) is 2.77. The molecule has 1 aromatic heterocycles. The maximum Gasteiger partial charge on any atom is 0.262 e. The molecular weight excluding hydrogens is 334 g/mol. The standard InChI is InChI=1S/C19H27N3O2S/c1-13(2)8-7-9-14(3)22-18(24)15-10-5-6-11-16(15)21-19(22)25-12-17(23)20-4/h5-6,10-11,13-14H,7-9,12H2,1-4H3,(H,20,23). The van der Waals surface area contributed by atoms with Gasteiger partial charge in [-0.3, -0.25) is 14.2 Å². The SMILES string of the molecule is CNC(=O)CSc1nc2ccccc2c(=O)n1C(C)CCCC(C)C. The molecule has 0 saturated heterocycles. The minimum absolute atomic E-state index is 0.0259. The fourth-order valence-corrected chi connectivity index (χ4v) is 3.74. The number of nitrogens with one attached hydrogen (secondary N) is 1. The van der Waals surface area contributed by atoms with Crippen LogP contribution in [0, 0.1) is 5.92 Å². The predicted molar refractivity (Wildman–Crippen MR) is 104 cm³/mol. The van der Waals surface area contributed by atoms with Gasteiger partial charge in [-0.1, -0.05) is 50.6 Å². The zero-order chi connectivity index (χ0) is 18.4. The van der Waals surface area contributed by atoms with Crippen molar-refractivity contribution in [3.63, 3.8) is 0 Å². The first-order valence-corrected chi connectivity index (χ1v) is 9.77. The van der Waals surface area contributed by atoms with E-state index in [-0.39, 0.29) is 23.3 Å². The zero-order valence-electron chi connectivity index (χ0n) is 15.4. The van der Waals surface area contributed by atoms with Crippen LogP contribution in [0.3, 0.4) is 0 Å². The lowest BCUT2D eigenvalue weighted by Crippen LogP contribution is -2.27. The average Bonchev–Trinajstić information content (AvgIpc) is 2.59.